The van der Waals surface area contributed by atoms with Crippen LogP contribution in [0.4, 0.5) is 0 Å². The van der Waals surface area contributed by atoms with Gasteiger partial charge < -0.3 is 5.32 Å². The summed E-state index contributed by atoms with van der Waals surface area (Å²) in [5.74, 6) is 0. The summed E-state index contributed by atoms with van der Waals surface area (Å²) in [7, 11) is 0. The minimum atomic E-state index is 0.520. The van der Waals surface area contributed by atoms with E-state index in [1.54, 1.807) is 0 Å². The van der Waals surface area contributed by atoms with Gasteiger partial charge in [-0.3, -0.25) is 0 Å². The first-order valence-electron chi connectivity index (χ1n) is 5.62. The van der Waals surface area contributed by atoms with E-state index in [9.17, 15) is 0 Å². The lowest BCUT2D eigenvalue weighted by Crippen LogP contribution is -2.35. The van der Waals surface area contributed by atoms with Crippen LogP contribution in [0, 0.1) is 0 Å². The molecule has 1 nitrogen and oxygen atoms in total. The number of rotatable bonds is 5. The second kappa shape index (κ2) is 6.61. The largest absolute Gasteiger partial charge is 0.304 e. The number of nitrogens with one attached hydrogen (secondary N) is 1. The van der Waals surface area contributed by atoms with Gasteiger partial charge in [0.2, 0.25) is 0 Å². The third-order valence-corrected chi connectivity index (χ3v) is 2.45. The van der Waals surface area contributed by atoms with E-state index in [4.69, 9.17) is 0 Å². The number of hydrogen-bond acceptors (Lipinski definition) is 1. The molecule has 0 aromatic rings. The molecule has 0 spiro atoms. The third-order valence-electron chi connectivity index (χ3n) is 2.45. The van der Waals surface area contributed by atoms with E-state index in [1.165, 1.54) is 0 Å². The van der Waals surface area contributed by atoms with Gasteiger partial charge in [0.15, 0.2) is 0 Å². The summed E-state index contributed by atoms with van der Waals surface area (Å²) in [4.78, 5) is 0. The molecular weight excluding hydrogens is 170 g/mol. The summed E-state index contributed by atoms with van der Waals surface area (Å²) in [5, 5.41) is 3.62. The average molecular weight is 191 g/mol. The minimum Gasteiger partial charge on any atom is -0.304 e. The summed E-state index contributed by atoms with van der Waals surface area (Å²) >= 11 is 0. The summed E-state index contributed by atoms with van der Waals surface area (Å²) in [6, 6.07) is 1.04. The van der Waals surface area contributed by atoms with Crippen molar-refractivity contribution in [2.24, 2.45) is 0 Å². The standard InChI is InChI=1S/C13H21N/c1-3-5-9-12(4-2)14-13-10-7-6-8-11-13/h5-10,12-14H,3-4,11H2,1-2H3/b9-5-. The van der Waals surface area contributed by atoms with Crippen LogP contribution >= 0.6 is 0 Å². The van der Waals surface area contributed by atoms with E-state index in [1.807, 2.05) is 0 Å². The van der Waals surface area contributed by atoms with Crippen molar-refractivity contribution in [2.75, 3.05) is 0 Å². The van der Waals surface area contributed by atoms with Crippen molar-refractivity contribution in [3.8, 4) is 0 Å². The lowest BCUT2D eigenvalue weighted by molar-refractivity contribution is 0.518. The van der Waals surface area contributed by atoms with Crippen LogP contribution in [0.3, 0.4) is 0 Å². The van der Waals surface area contributed by atoms with Crippen molar-refractivity contribution in [1.29, 1.82) is 0 Å². The minimum absolute atomic E-state index is 0.520. The average Bonchev–Trinajstić information content (AvgIpc) is 2.25. The van der Waals surface area contributed by atoms with Crippen LogP contribution in [0.15, 0.2) is 36.5 Å². The Morgan fingerprint density at radius 2 is 2.29 bits per heavy atom. The van der Waals surface area contributed by atoms with Crippen LogP contribution in [0.25, 0.3) is 0 Å². The Balaban J connectivity index is 2.36. The van der Waals surface area contributed by atoms with Crippen molar-refractivity contribution in [1.82, 2.24) is 5.32 Å². The topological polar surface area (TPSA) is 12.0 Å². The molecule has 78 valence electrons. The zero-order chi connectivity index (χ0) is 10.2. The Bertz CT molecular complexity index is 225. The van der Waals surface area contributed by atoms with E-state index < -0.39 is 0 Å². The predicted molar refractivity (Wildman–Crippen MR) is 63.3 cm³/mol. The molecule has 1 aliphatic rings. The fourth-order valence-electron chi connectivity index (χ4n) is 1.59. The van der Waals surface area contributed by atoms with Crippen LogP contribution in [0.5, 0.6) is 0 Å². The SMILES string of the molecule is CC/C=C\C(CC)NC1C=CC=CC1. The molecule has 0 aliphatic heterocycles. The van der Waals surface area contributed by atoms with E-state index in [0.717, 1.165) is 19.3 Å². The van der Waals surface area contributed by atoms with Crippen molar-refractivity contribution in [3.63, 3.8) is 0 Å². The fraction of sp³-hybridized carbons (Fsp3) is 0.538. The van der Waals surface area contributed by atoms with Crippen LogP contribution in [-0.4, -0.2) is 12.1 Å². The van der Waals surface area contributed by atoms with E-state index in [2.05, 4.69) is 55.6 Å². The third kappa shape index (κ3) is 3.93. The molecule has 1 heteroatoms. The highest BCUT2D eigenvalue weighted by atomic mass is 14.9. The maximum atomic E-state index is 3.62. The maximum absolute atomic E-state index is 3.62. The zero-order valence-corrected chi connectivity index (χ0v) is 9.24. The van der Waals surface area contributed by atoms with E-state index >= 15 is 0 Å². The van der Waals surface area contributed by atoms with Crippen molar-refractivity contribution < 1.29 is 0 Å². The molecule has 0 saturated carbocycles. The molecule has 0 aromatic carbocycles. The van der Waals surface area contributed by atoms with Gasteiger partial charge in [0.1, 0.15) is 0 Å². The van der Waals surface area contributed by atoms with Crippen molar-refractivity contribution in [3.05, 3.63) is 36.5 Å². The lowest BCUT2D eigenvalue weighted by Gasteiger charge is -2.20. The summed E-state index contributed by atoms with van der Waals surface area (Å²) in [6.45, 7) is 4.40. The van der Waals surface area contributed by atoms with Crippen molar-refractivity contribution >= 4 is 0 Å². The Morgan fingerprint density at radius 1 is 1.43 bits per heavy atom. The van der Waals surface area contributed by atoms with Gasteiger partial charge in [0.25, 0.3) is 0 Å². The molecule has 0 saturated heterocycles. The first-order valence-corrected chi connectivity index (χ1v) is 5.62. The highest BCUT2D eigenvalue weighted by Gasteiger charge is 2.08. The van der Waals surface area contributed by atoms with Gasteiger partial charge in [-0.05, 0) is 19.3 Å². The molecule has 2 atom stereocenters. The Morgan fingerprint density at radius 3 is 2.86 bits per heavy atom. The van der Waals surface area contributed by atoms with E-state index in [0.29, 0.717) is 12.1 Å². The molecule has 0 fully saturated rings. The molecule has 2 unspecified atom stereocenters. The van der Waals surface area contributed by atoms with Crippen LogP contribution in [-0.2, 0) is 0 Å². The maximum Gasteiger partial charge on any atom is 0.0293 e. The predicted octanol–water partition coefficient (Wildman–Crippen LogP) is 3.21. The molecule has 0 heterocycles. The van der Waals surface area contributed by atoms with Crippen LogP contribution in [0.1, 0.15) is 33.1 Å². The highest BCUT2D eigenvalue weighted by molar-refractivity contribution is 5.14. The second-order valence-electron chi connectivity index (χ2n) is 3.67. The van der Waals surface area contributed by atoms with Crippen LogP contribution in [0.2, 0.25) is 0 Å². The Labute approximate surface area is 87.6 Å². The Hall–Kier alpha value is -0.820. The van der Waals surface area contributed by atoms with Crippen molar-refractivity contribution in [2.45, 2.75) is 45.2 Å². The molecule has 1 rings (SSSR count). The number of hydrogen-bond donors (Lipinski definition) is 1. The molecule has 1 N–H and O–H groups in total. The van der Waals surface area contributed by atoms with Gasteiger partial charge in [-0.2, -0.15) is 0 Å². The zero-order valence-electron chi connectivity index (χ0n) is 9.24. The van der Waals surface area contributed by atoms with Crippen LogP contribution < -0.4 is 5.32 Å². The monoisotopic (exact) mass is 191 g/mol. The fourth-order valence-corrected chi connectivity index (χ4v) is 1.59. The first kappa shape index (κ1) is 11.3. The molecule has 0 radical (unpaired) electrons. The first-order chi connectivity index (χ1) is 6.86. The molecule has 1 aliphatic carbocycles. The lowest BCUT2D eigenvalue weighted by atomic mass is 10.1. The summed E-state index contributed by atoms with van der Waals surface area (Å²) in [5.41, 5.74) is 0. The quantitative estimate of drug-likeness (QED) is 0.658. The molecule has 0 bridgehead atoms. The van der Waals surface area contributed by atoms with Gasteiger partial charge >= 0.3 is 0 Å². The highest BCUT2D eigenvalue weighted by Crippen LogP contribution is 2.06. The normalized spacial score (nSPS) is 23.1. The van der Waals surface area contributed by atoms with Gasteiger partial charge in [0.05, 0.1) is 0 Å². The summed E-state index contributed by atoms with van der Waals surface area (Å²) < 4.78 is 0. The number of allylic oxidation sites excluding steroid dienone is 3. The molecule has 14 heavy (non-hydrogen) atoms. The van der Waals surface area contributed by atoms with Gasteiger partial charge in [-0.15, -0.1) is 0 Å². The Kier molecular flexibility index (Phi) is 5.31. The molecule has 0 amide bonds. The smallest absolute Gasteiger partial charge is 0.0293 e. The van der Waals surface area contributed by atoms with Gasteiger partial charge in [0, 0.05) is 12.1 Å². The molecular formula is C13H21N. The molecule has 0 aromatic heterocycles. The van der Waals surface area contributed by atoms with Gasteiger partial charge in [-0.1, -0.05) is 50.3 Å². The summed E-state index contributed by atoms with van der Waals surface area (Å²) in [6.07, 6.45) is 16.6. The second-order valence-corrected chi connectivity index (χ2v) is 3.67. The van der Waals surface area contributed by atoms with Gasteiger partial charge in [-0.25, -0.2) is 0 Å². The van der Waals surface area contributed by atoms with E-state index in [-0.39, 0.29) is 0 Å².